The van der Waals surface area contributed by atoms with E-state index in [0.717, 1.165) is 29.9 Å². The van der Waals surface area contributed by atoms with E-state index in [-0.39, 0.29) is 0 Å². The summed E-state index contributed by atoms with van der Waals surface area (Å²) in [5, 5.41) is 6.41. The Balaban J connectivity index is 1.62. The molecule has 9 rings (SSSR count). The average Bonchev–Trinajstić information content (AvgIpc) is 3.49. The largest absolute Gasteiger partial charge is 0.458 e. The molecule has 0 radical (unpaired) electrons. The van der Waals surface area contributed by atoms with Gasteiger partial charge in [-0.3, -0.25) is 4.99 Å². The van der Waals surface area contributed by atoms with Gasteiger partial charge in [0.25, 0.3) is 0 Å². The monoisotopic (exact) mass is 450 g/mol. The van der Waals surface area contributed by atoms with Crippen LogP contribution in [-0.4, -0.2) is 10.8 Å². The van der Waals surface area contributed by atoms with E-state index in [9.17, 15) is 0 Å². The molecule has 1 unspecified atom stereocenters. The molecule has 166 valence electrons. The quantitative estimate of drug-likeness (QED) is 0.247. The van der Waals surface area contributed by atoms with Gasteiger partial charge in [0.05, 0.1) is 16.7 Å². The molecule has 2 aliphatic carbocycles. The molecule has 35 heavy (non-hydrogen) atoms. The lowest BCUT2D eigenvalue weighted by molar-refractivity contribution is 0.548. The lowest BCUT2D eigenvalue weighted by atomic mass is 9.95. The predicted molar refractivity (Wildman–Crippen MR) is 144 cm³/mol. The summed E-state index contributed by atoms with van der Waals surface area (Å²) in [6, 6.07) is 24.2. The van der Waals surface area contributed by atoms with E-state index in [0.29, 0.717) is 11.8 Å². The van der Waals surface area contributed by atoms with Gasteiger partial charge >= 0.3 is 0 Å². The third-order valence-corrected chi connectivity index (χ3v) is 8.30. The molecule has 0 amide bonds. The summed E-state index contributed by atoms with van der Waals surface area (Å²) in [5.41, 5.74) is 8.45. The molecular formula is C32H22N2O. The number of aromatic nitrogens is 1. The van der Waals surface area contributed by atoms with Gasteiger partial charge in [-0.1, -0.05) is 60.7 Å². The van der Waals surface area contributed by atoms with Crippen molar-refractivity contribution in [1.82, 2.24) is 4.57 Å². The molecule has 0 saturated heterocycles. The number of benzene rings is 4. The van der Waals surface area contributed by atoms with Crippen LogP contribution in [0.1, 0.15) is 35.6 Å². The van der Waals surface area contributed by atoms with Gasteiger partial charge < -0.3 is 8.98 Å². The van der Waals surface area contributed by atoms with E-state index in [1.807, 2.05) is 0 Å². The summed E-state index contributed by atoms with van der Waals surface area (Å²) in [7, 11) is 0. The molecule has 3 heterocycles. The summed E-state index contributed by atoms with van der Waals surface area (Å²) >= 11 is 0. The number of allylic oxidation sites excluding steroid dienone is 1. The zero-order chi connectivity index (χ0) is 22.7. The zero-order valence-corrected chi connectivity index (χ0v) is 19.2. The number of nitrogens with zero attached hydrogens (tertiary/aromatic N) is 2. The fourth-order valence-electron chi connectivity index (χ4n) is 6.70. The van der Waals surface area contributed by atoms with E-state index in [1.165, 1.54) is 61.2 Å². The summed E-state index contributed by atoms with van der Waals surface area (Å²) < 4.78 is 9.26. The first-order valence-corrected chi connectivity index (χ1v) is 12.6. The van der Waals surface area contributed by atoms with Gasteiger partial charge in [-0.25, -0.2) is 0 Å². The number of hydrogen-bond donors (Lipinski definition) is 0. The Kier molecular flexibility index (Phi) is 3.29. The topological polar surface area (TPSA) is 30.4 Å². The number of aryl methyl sites for hydroxylation is 1. The van der Waals surface area contributed by atoms with Gasteiger partial charge in [-0.2, -0.15) is 0 Å². The Morgan fingerprint density at radius 2 is 1.66 bits per heavy atom. The van der Waals surface area contributed by atoms with Crippen LogP contribution in [-0.2, 0) is 6.42 Å². The normalized spacial score (nSPS) is 20.0. The van der Waals surface area contributed by atoms with Gasteiger partial charge in [0.1, 0.15) is 5.76 Å². The molecule has 0 bridgehead atoms. The number of furan rings is 1. The van der Waals surface area contributed by atoms with Crippen molar-refractivity contribution in [2.75, 3.05) is 0 Å². The van der Waals surface area contributed by atoms with Crippen LogP contribution in [0, 0.1) is 5.92 Å². The lowest BCUT2D eigenvalue weighted by Crippen LogP contribution is -2.00. The number of para-hydroxylation sites is 1. The molecule has 1 fully saturated rings. The molecule has 6 aromatic rings. The maximum absolute atomic E-state index is 6.78. The predicted octanol–water partition coefficient (Wildman–Crippen LogP) is 8.46. The Labute approximate surface area is 202 Å². The number of rotatable bonds is 1. The van der Waals surface area contributed by atoms with Gasteiger partial charge in [0.15, 0.2) is 5.58 Å². The standard InChI is InChI=1S/C32H22N2O/c1-2-8-19(9-3-1)34-30-23(14-15-25-29(30)24-16-18(24)17-33-25)27-20-10-4-5-11-21(20)28-22-12-6-7-13-26(22)35-32(28)31(27)34/h1-6,8-12,14-15,17-18,24H,7,13,16H2/t18?,24-/m1/s1. The molecular weight excluding hydrogens is 428 g/mol. The van der Waals surface area contributed by atoms with E-state index in [2.05, 4.69) is 89.7 Å². The molecule has 1 aliphatic heterocycles. The fourth-order valence-corrected chi connectivity index (χ4v) is 6.70. The van der Waals surface area contributed by atoms with Gasteiger partial charge in [-0.05, 0) is 47.7 Å². The van der Waals surface area contributed by atoms with E-state index in [1.54, 1.807) is 0 Å². The second-order valence-corrected chi connectivity index (χ2v) is 10.2. The van der Waals surface area contributed by atoms with Crippen molar-refractivity contribution in [2.45, 2.75) is 25.2 Å². The van der Waals surface area contributed by atoms with Crippen molar-refractivity contribution in [3.8, 4) is 5.69 Å². The minimum absolute atomic E-state index is 0.562. The van der Waals surface area contributed by atoms with Crippen molar-refractivity contribution < 1.29 is 4.42 Å². The summed E-state index contributed by atoms with van der Waals surface area (Å²) in [6.07, 6.45) is 9.89. The minimum atomic E-state index is 0.562. The second-order valence-electron chi connectivity index (χ2n) is 10.2. The fraction of sp³-hybridized carbons (Fsp3) is 0.156. The molecule has 2 atom stereocenters. The van der Waals surface area contributed by atoms with E-state index < -0.39 is 0 Å². The van der Waals surface area contributed by atoms with Crippen LogP contribution in [0.3, 0.4) is 0 Å². The highest BCUT2D eigenvalue weighted by Crippen LogP contribution is 2.57. The summed E-state index contributed by atoms with van der Waals surface area (Å²) in [6.45, 7) is 0. The third kappa shape index (κ3) is 2.24. The second kappa shape index (κ2) is 6.31. The van der Waals surface area contributed by atoms with Gasteiger partial charge in [0.2, 0.25) is 0 Å². The molecule has 0 spiro atoms. The SMILES string of the molecule is C1=Cc2c(oc3c2c2ccccc2c2c4ccc5c(c4n(-c4ccccc4)c32)[C@@H]2CC2C=N5)CC1. The first kappa shape index (κ1) is 18.2. The van der Waals surface area contributed by atoms with Gasteiger partial charge in [0, 0.05) is 51.5 Å². The van der Waals surface area contributed by atoms with Crippen LogP contribution in [0.2, 0.25) is 0 Å². The smallest absolute Gasteiger partial charge is 0.160 e. The van der Waals surface area contributed by atoms with Crippen molar-refractivity contribution in [3.63, 3.8) is 0 Å². The minimum Gasteiger partial charge on any atom is -0.458 e. The van der Waals surface area contributed by atoms with Crippen LogP contribution < -0.4 is 0 Å². The van der Waals surface area contributed by atoms with Crippen LogP contribution in [0.15, 0.2) is 82.2 Å². The van der Waals surface area contributed by atoms with Crippen LogP contribution in [0.4, 0.5) is 5.69 Å². The maximum atomic E-state index is 6.78. The van der Waals surface area contributed by atoms with Crippen LogP contribution in [0.5, 0.6) is 0 Å². The zero-order valence-electron chi connectivity index (χ0n) is 19.2. The van der Waals surface area contributed by atoms with E-state index >= 15 is 0 Å². The van der Waals surface area contributed by atoms with Crippen molar-refractivity contribution in [2.24, 2.45) is 10.9 Å². The first-order chi connectivity index (χ1) is 17.4. The Hall–Kier alpha value is -4.11. The van der Waals surface area contributed by atoms with Gasteiger partial charge in [-0.15, -0.1) is 0 Å². The third-order valence-electron chi connectivity index (χ3n) is 8.30. The summed E-state index contributed by atoms with van der Waals surface area (Å²) in [4.78, 5) is 4.88. The highest BCUT2D eigenvalue weighted by atomic mass is 16.3. The van der Waals surface area contributed by atoms with Crippen LogP contribution >= 0.6 is 0 Å². The summed E-state index contributed by atoms with van der Waals surface area (Å²) in [5.74, 6) is 2.25. The molecule has 2 aromatic heterocycles. The Morgan fingerprint density at radius 3 is 2.54 bits per heavy atom. The molecule has 4 aromatic carbocycles. The first-order valence-electron chi connectivity index (χ1n) is 12.6. The average molecular weight is 451 g/mol. The van der Waals surface area contributed by atoms with Crippen molar-refractivity contribution in [1.29, 1.82) is 0 Å². The molecule has 0 N–H and O–H groups in total. The van der Waals surface area contributed by atoms with E-state index in [4.69, 9.17) is 9.41 Å². The highest BCUT2D eigenvalue weighted by molar-refractivity contribution is 6.32. The Morgan fingerprint density at radius 1 is 0.829 bits per heavy atom. The van der Waals surface area contributed by atoms with Crippen LogP contribution in [0.25, 0.3) is 55.3 Å². The maximum Gasteiger partial charge on any atom is 0.160 e. The molecule has 3 nitrogen and oxygen atoms in total. The molecule has 1 saturated carbocycles. The number of hydrogen-bond acceptors (Lipinski definition) is 2. The number of aliphatic imine (C=N–C) groups is 1. The lowest BCUT2D eigenvalue weighted by Gasteiger charge is -2.15. The number of fused-ring (bicyclic) bond motifs is 14. The van der Waals surface area contributed by atoms with Crippen molar-refractivity contribution in [3.05, 3.63) is 89.7 Å². The molecule has 3 heteroatoms. The van der Waals surface area contributed by atoms with Crippen molar-refractivity contribution >= 4 is 61.5 Å². The Bertz CT molecular complexity index is 1930. The molecule has 3 aliphatic rings. The highest BCUT2D eigenvalue weighted by Gasteiger charge is 2.43.